The van der Waals surface area contributed by atoms with E-state index in [1.54, 1.807) is 7.05 Å². The molecule has 20 heavy (non-hydrogen) atoms. The topological polar surface area (TPSA) is 40.2 Å². The van der Waals surface area contributed by atoms with Crippen molar-refractivity contribution in [3.05, 3.63) is 17.7 Å². The molecule has 0 bridgehead atoms. The van der Waals surface area contributed by atoms with Gasteiger partial charge in [0.25, 0.3) is 0 Å². The first-order valence-electron chi connectivity index (χ1n) is 7.10. The third-order valence-electron chi connectivity index (χ3n) is 3.55. The minimum atomic E-state index is -0.680. The van der Waals surface area contributed by atoms with Crippen LogP contribution in [0.3, 0.4) is 0 Å². The van der Waals surface area contributed by atoms with Crippen molar-refractivity contribution >= 4 is 11.6 Å². The fraction of sp³-hybridized carbons (Fsp3) is 0.643. The van der Waals surface area contributed by atoms with Crippen molar-refractivity contribution in [1.29, 1.82) is 0 Å². The van der Waals surface area contributed by atoms with Crippen LogP contribution in [0.1, 0.15) is 19.8 Å². The van der Waals surface area contributed by atoms with Crippen LogP contribution in [0.25, 0.3) is 0 Å². The van der Waals surface area contributed by atoms with E-state index >= 15 is 0 Å². The van der Waals surface area contributed by atoms with E-state index in [9.17, 15) is 8.78 Å². The third kappa shape index (κ3) is 3.79. The van der Waals surface area contributed by atoms with Crippen LogP contribution in [0.2, 0.25) is 0 Å². The van der Waals surface area contributed by atoms with Crippen LogP contribution in [0.15, 0.2) is 6.07 Å². The summed E-state index contributed by atoms with van der Waals surface area (Å²) in [6.07, 6.45) is 2.53. The molecule has 1 unspecified atom stereocenters. The lowest BCUT2D eigenvalue weighted by molar-refractivity contribution is 0.294. The molecule has 2 heterocycles. The highest BCUT2D eigenvalue weighted by molar-refractivity contribution is 5.47. The minimum absolute atomic E-state index is 0.0566. The number of nitrogens with one attached hydrogen (secondary N) is 2. The predicted octanol–water partition coefficient (Wildman–Crippen LogP) is 2.55. The molecule has 0 aromatic carbocycles. The van der Waals surface area contributed by atoms with E-state index in [1.807, 2.05) is 0 Å². The molecule has 0 aliphatic carbocycles. The number of halogens is 2. The fourth-order valence-electron chi connectivity index (χ4n) is 2.51. The molecule has 0 amide bonds. The number of likely N-dealkylation sites (tertiary alicyclic amines) is 1. The van der Waals surface area contributed by atoms with Gasteiger partial charge in [0, 0.05) is 26.2 Å². The van der Waals surface area contributed by atoms with Gasteiger partial charge in [-0.15, -0.1) is 0 Å². The van der Waals surface area contributed by atoms with Crippen molar-refractivity contribution in [2.45, 2.75) is 19.8 Å². The molecule has 0 radical (unpaired) electrons. The summed E-state index contributed by atoms with van der Waals surface area (Å²) < 4.78 is 26.9. The SMILES string of the molecule is CNc1nc(NCC(C)CN2CCCC2)c(F)cc1F. The van der Waals surface area contributed by atoms with E-state index in [-0.39, 0.29) is 11.6 Å². The number of rotatable bonds is 6. The van der Waals surface area contributed by atoms with Gasteiger partial charge in [-0.25, -0.2) is 13.8 Å². The van der Waals surface area contributed by atoms with Gasteiger partial charge in [-0.1, -0.05) is 6.92 Å². The van der Waals surface area contributed by atoms with Crippen LogP contribution < -0.4 is 10.6 Å². The molecule has 1 atom stereocenters. The van der Waals surface area contributed by atoms with E-state index in [0.29, 0.717) is 12.5 Å². The van der Waals surface area contributed by atoms with Crippen LogP contribution in [-0.2, 0) is 0 Å². The molecule has 1 fully saturated rings. The van der Waals surface area contributed by atoms with Crippen molar-refractivity contribution in [1.82, 2.24) is 9.88 Å². The maximum absolute atomic E-state index is 13.6. The number of hydrogen-bond acceptors (Lipinski definition) is 4. The van der Waals surface area contributed by atoms with Crippen LogP contribution in [0, 0.1) is 17.6 Å². The molecule has 4 nitrogen and oxygen atoms in total. The van der Waals surface area contributed by atoms with Gasteiger partial charge in [-0.3, -0.25) is 0 Å². The van der Waals surface area contributed by atoms with E-state index < -0.39 is 11.6 Å². The Bertz CT molecular complexity index is 447. The number of aromatic nitrogens is 1. The zero-order valence-electron chi connectivity index (χ0n) is 12.0. The van der Waals surface area contributed by atoms with Crippen LogP contribution >= 0.6 is 0 Å². The average Bonchev–Trinajstić information content (AvgIpc) is 2.90. The molecule has 0 saturated carbocycles. The lowest BCUT2D eigenvalue weighted by Crippen LogP contribution is -2.29. The highest BCUT2D eigenvalue weighted by Crippen LogP contribution is 2.19. The quantitative estimate of drug-likeness (QED) is 0.842. The smallest absolute Gasteiger partial charge is 0.168 e. The zero-order valence-corrected chi connectivity index (χ0v) is 12.0. The summed E-state index contributed by atoms with van der Waals surface area (Å²) >= 11 is 0. The Kier molecular flexibility index (Phi) is 5.11. The summed E-state index contributed by atoms with van der Waals surface area (Å²) in [4.78, 5) is 6.32. The monoisotopic (exact) mass is 284 g/mol. The Morgan fingerprint density at radius 1 is 1.25 bits per heavy atom. The molecule has 2 N–H and O–H groups in total. The normalized spacial score (nSPS) is 17.2. The second-order valence-corrected chi connectivity index (χ2v) is 5.39. The van der Waals surface area contributed by atoms with Crippen molar-refractivity contribution in [2.75, 3.05) is 43.9 Å². The van der Waals surface area contributed by atoms with Gasteiger partial charge in [-0.05, 0) is 31.8 Å². The highest BCUT2D eigenvalue weighted by Gasteiger charge is 2.16. The summed E-state index contributed by atoms with van der Waals surface area (Å²) in [7, 11) is 1.56. The number of hydrogen-bond donors (Lipinski definition) is 2. The molecule has 6 heteroatoms. The van der Waals surface area contributed by atoms with Gasteiger partial charge in [0.05, 0.1) is 0 Å². The first-order chi connectivity index (χ1) is 9.60. The van der Waals surface area contributed by atoms with Crippen molar-refractivity contribution in [3.8, 4) is 0 Å². The second kappa shape index (κ2) is 6.83. The third-order valence-corrected chi connectivity index (χ3v) is 3.55. The van der Waals surface area contributed by atoms with Crippen molar-refractivity contribution in [2.24, 2.45) is 5.92 Å². The molecule has 1 aromatic heterocycles. The number of anilines is 2. The summed E-state index contributed by atoms with van der Waals surface area (Å²) in [5.74, 6) is -0.793. The molecule has 2 rings (SSSR count). The molecule has 112 valence electrons. The van der Waals surface area contributed by atoms with Gasteiger partial charge < -0.3 is 15.5 Å². The standard InChI is InChI=1S/C14H22F2N4/c1-10(9-20-5-3-4-6-20)8-18-14-12(16)7-11(15)13(17-2)19-14/h7,10H,3-6,8-9H2,1-2H3,(H2,17,18,19). The first-order valence-corrected chi connectivity index (χ1v) is 7.10. The van der Waals surface area contributed by atoms with Crippen LogP contribution in [-0.4, -0.2) is 43.1 Å². The van der Waals surface area contributed by atoms with Gasteiger partial charge >= 0.3 is 0 Å². The van der Waals surface area contributed by atoms with Gasteiger partial charge in [-0.2, -0.15) is 0 Å². The fourth-order valence-corrected chi connectivity index (χ4v) is 2.51. The van der Waals surface area contributed by atoms with Gasteiger partial charge in [0.2, 0.25) is 0 Å². The first kappa shape index (κ1) is 15.0. The maximum Gasteiger partial charge on any atom is 0.168 e. The lowest BCUT2D eigenvalue weighted by atomic mass is 10.1. The Morgan fingerprint density at radius 2 is 1.90 bits per heavy atom. The van der Waals surface area contributed by atoms with E-state index in [4.69, 9.17) is 0 Å². The Labute approximate surface area is 118 Å². The summed E-state index contributed by atoms with van der Waals surface area (Å²) in [5.41, 5.74) is 0. The predicted molar refractivity (Wildman–Crippen MR) is 77.0 cm³/mol. The van der Waals surface area contributed by atoms with Crippen LogP contribution in [0.5, 0.6) is 0 Å². The summed E-state index contributed by atoms with van der Waals surface area (Å²) in [6.45, 7) is 6.03. The Balaban J connectivity index is 1.89. The van der Waals surface area contributed by atoms with Crippen molar-refractivity contribution in [3.63, 3.8) is 0 Å². The van der Waals surface area contributed by atoms with Crippen LogP contribution in [0.4, 0.5) is 20.4 Å². The van der Waals surface area contributed by atoms with E-state index in [0.717, 1.165) is 25.7 Å². The van der Waals surface area contributed by atoms with E-state index in [1.165, 1.54) is 12.8 Å². The lowest BCUT2D eigenvalue weighted by Gasteiger charge is -2.20. The number of nitrogens with zero attached hydrogens (tertiary/aromatic N) is 2. The van der Waals surface area contributed by atoms with Gasteiger partial charge in [0.15, 0.2) is 23.3 Å². The molecule has 1 aliphatic rings. The maximum atomic E-state index is 13.6. The molecule has 1 aromatic rings. The van der Waals surface area contributed by atoms with E-state index in [2.05, 4.69) is 27.4 Å². The molecular weight excluding hydrogens is 262 g/mol. The summed E-state index contributed by atoms with van der Waals surface area (Å²) in [5, 5.41) is 5.58. The summed E-state index contributed by atoms with van der Waals surface area (Å²) in [6, 6.07) is 0.853. The molecule has 1 saturated heterocycles. The molecular formula is C14H22F2N4. The zero-order chi connectivity index (χ0) is 14.5. The molecule has 1 aliphatic heterocycles. The largest absolute Gasteiger partial charge is 0.371 e. The highest BCUT2D eigenvalue weighted by atomic mass is 19.1. The Hall–Kier alpha value is -1.43. The average molecular weight is 284 g/mol. The second-order valence-electron chi connectivity index (χ2n) is 5.39. The van der Waals surface area contributed by atoms with Crippen molar-refractivity contribution < 1.29 is 8.78 Å². The number of pyridine rings is 1. The Morgan fingerprint density at radius 3 is 2.55 bits per heavy atom. The van der Waals surface area contributed by atoms with Gasteiger partial charge in [0.1, 0.15) is 0 Å². The minimum Gasteiger partial charge on any atom is -0.371 e. The molecule has 0 spiro atoms.